The first-order valence-electron chi connectivity index (χ1n) is 8.48. The molecule has 6 nitrogen and oxygen atoms in total. The van der Waals surface area contributed by atoms with Gasteiger partial charge < -0.3 is 5.32 Å². The Balaban J connectivity index is 1.55. The number of nitrogens with zero attached hydrogens (tertiary/aromatic N) is 4. The predicted octanol–water partition coefficient (Wildman–Crippen LogP) is 3.45. The molecule has 4 aromatic rings. The molecule has 7 heteroatoms. The molecule has 0 aliphatic carbocycles. The van der Waals surface area contributed by atoms with Gasteiger partial charge in [-0.1, -0.05) is 24.3 Å². The lowest BCUT2D eigenvalue weighted by Gasteiger charge is -2.03. The number of benzene rings is 1. The molecule has 3 heterocycles. The Morgan fingerprint density at radius 3 is 2.81 bits per heavy atom. The van der Waals surface area contributed by atoms with Gasteiger partial charge in [0.1, 0.15) is 11.4 Å². The average molecular weight is 365 g/mol. The van der Waals surface area contributed by atoms with Crippen molar-refractivity contribution >= 4 is 28.1 Å². The normalized spacial score (nSPS) is 11.2. The summed E-state index contributed by atoms with van der Waals surface area (Å²) in [5.41, 5.74) is 3.30. The first-order chi connectivity index (χ1) is 12.7. The van der Waals surface area contributed by atoms with Gasteiger partial charge in [0.25, 0.3) is 5.91 Å². The van der Waals surface area contributed by atoms with Crippen molar-refractivity contribution < 1.29 is 4.79 Å². The summed E-state index contributed by atoms with van der Waals surface area (Å²) in [6, 6.07) is 13.9. The van der Waals surface area contributed by atoms with Crippen molar-refractivity contribution in [3.63, 3.8) is 0 Å². The van der Waals surface area contributed by atoms with Gasteiger partial charge in [0.15, 0.2) is 0 Å². The number of para-hydroxylation sites is 1. The summed E-state index contributed by atoms with van der Waals surface area (Å²) in [4.78, 5) is 13.7. The van der Waals surface area contributed by atoms with Crippen LogP contribution in [0.1, 0.15) is 23.1 Å². The van der Waals surface area contributed by atoms with Gasteiger partial charge in [-0.2, -0.15) is 10.2 Å². The molecular weight excluding hydrogens is 346 g/mol. The van der Waals surface area contributed by atoms with Crippen LogP contribution in [0.25, 0.3) is 21.5 Å². The Bertz CT molecular complexity index is 1060. The highest BCUT2D eigenvalue weighted by molar-refractivity contribution is 7.13. The highest BCUT2D eigenvalue weighted by atomic mass is 32.1. The second-order valence-corrected chi connectivity index (χ2v) is 6.93. The number of fused-ring (bicyclic) bond motifs is 1. The van der Waals surface area contributed by atoms with Crippen LogP contribution in [0.2, 0.25) is 0 Å². The highest BCUT2D eigenvalue weighted by Gasteiger charge is 2.16. The zero-order chi connectivity index (χ0) is 18.1. The summed E-state index contributed by atoms with van der Waals surface area (Å²) in [6.45, 7) is 3.23. The standard InChI is InChI=1S/C19H19N5OS/c1-3-24-16-8-5-4-7-13(16)15(22-24)12-20-19(25)17-11-14(21-23(17)2)18-9-6-10-26-18/h4-11H,3,12H2,1-2H3,(H,20,25). The Labute approximate surface area is 155 Å². The molecule has 132 valence electrons. The summed E-state index contributed by atoms with van der Waals surface area (Å²) >= 11 is 1.61. The minimum atomic E-state index is -0.155. The van der Waals surface area contributed by atoms with Crippen LogP contribution in [0, 0.1) is 0 Å². The van der Waals surface area contributed by atoms with E-state index in [1.165, 1.54) is 0 Å². The molecule has 26 heavy (non-hydrogen) atoms. The molecule has 0 fully saturated rings. The molecule has 3 aromatic heterocycles. The fourth-order valence-corrected chi connectivity index (χ4v) is 3.73. The number of amides is 1. The second-order valence-electron chi connectivity index (χ2n) is 5.98. The third-order valence-corrected chi connectivity index (χ3v) is 5.23. The third-order valence-electron chi connectivity index (χ3n) is 4.34. The van der Waals surface area contributed by atoms with E-state index in [1.807, 2.05) is 52.5 Å². The summed E-state index contributed by atoms with van der Waals surface area (Å²) < 4.78 is 3.57. The predicted molar refractivity (Wildman–Crippen MR) is 103 cm³/mol. The molecule has 0 saturated carbocycles. The number of aryl methyl sites for hydroxylation is 2. The monoisotopic (exact) mass is 365 g/mol. The number of carbonyl (C=O) groups excluding carboxylic acids is 1. The number of thiophene rings is 1. The van der Waals surface area contributed by atoms with Crippen LogP contribution in [0.15, 0.2) is 47.8 Å². The maximum Gasteiger partial charge on any atom is 0.269 e. The minimum Gasteiger partial charge on any atom is -0.345 e. The summed E-state index contributed by atoms with van der Waals surface area (Å²) in [7, 11) is 1.78. The summed E-state index contributed by atoms with van der Waals surface area (Å²) in [5, 5.41) is 15.1. The number of hydrogen-bond acceptors (Lipinski definition) is 4. The Kier molecular flexibility index (Phi) is 4.30. The first-order valence-corrected chi connectivity index (χ1v) is 9.36. The van der Waals surface area contributed by atoms with E-state index in [4.69, 9.17) is 0 Å². The molecule has 0 aliphatic heterocycles. The zero-order valence-corrected chi connectivity index (χ0v) is 15.5. The van der Waals surface area contributed by atoms with Crippen molar-refractivity contribution in [1.29, 1.82) is 0 Å². The van der Waals surface area contributed by atoms with Crippen molar-refractivity contribution in [3.8, 4) is 10.6 Å². The number of hydrogen-bond donors (Lipinski definition) is 1. The van der Waals surface area contributed by atoms with Gasteiger partial charge in [-0.3, -0.25) is 14.2 Å². The van der Waals surface area contributed by atoms with E-state index in [1.54, 1.807) is 23.1 Å². The van der Waals surface area contributed by atoms with Gasteiger partial charge in [-0.15, -0.1) is 11.3 Å². The number of nitrogens with one attached hydrogen (secondary N) is 1. The van der Waals surface area contributed by atoms with E-state index in [-0.39, 0.29) is 5.91 Å². The maximum absolute atomic E-state index is 12.6. The lowest BCUT2D eigenvalue weighted by molar-refractivity contribution is 0.0941. The van der Waals surface area contributed by atoms with Crippen LogP contribution in [-0.2, 0) is 20.1 Å². The number of aromatic nitrogens is 4. The van der Waals surface area contributed by atoms with Gasteiger partial charge >= 0.3 is 0 Å². The van der Waals surface area contributed by atoms with Crippen molar-refractivity contribution in [2.24, 2.45) is 7.05 Å². The SMILES string of the molecule is CCn1nc(CNC(=O)c2cc(-c3cccs3)nn2C)c2ccccc21. The van der Waals surface area contributed by atoms with Gasteiger partial charge in [-0.05, 0) is 30.5 Å². The van der Waals surface area contributed by atoms with Crippen molar-refractivity contribution in [2.75, 3.05) is 0 Å². The first kappa shape index (κ1) is 16.5. The van der Waals surface area contributed by atoms with Crippen molar-refractivity contribution in [2.45, 2.75) is 20.0 Å². The van der Waals surface area contributed by atoms with E-state index in [0.29, 0.717) is 12.2 Å². The molecule has 0 atom stereocenters. The molecule has 1 N–H and O–H groups in total. The molecule has 1 aromatic carbocycles. The second kappa shape index (κ2) is 6.76. The quantitative estimate of drug-likeness (QED) is 0.589. The van der Waals surface area contributed by atoms with Crippen LogP contribution in [0.3, 0.4) is 0 Å². The van der Waals surface area contributed by atoms with Crippen LogP contribution in [0.4, 0.5) is 0 Å². The molecule has 0 radical (unpaired) electrons. The Hall–Kier alpha value is -2.93. The highest BCUT2D eigenvalue weighted by Crippen LogP contribution is 2.24. The van der Waals surface area contributed by atoms with Gasteiger partial charge in [0.05, 0.1) is 22.6 Å². The van der Waals surface area contributed by atoms with Crippen molar-refractivity contribution in [1.82, 2.24) is 24.9 Å². The number of carbonyl (C=O) groups is 1. The molecule has 4 rings (SSSR count). The average Bonchev–Trinajstić information content (AvgIpc) is 3.38. The topological polar surface area (TPSA) is 64.7 Å². The van der Waals surface area contributed by atoms with Crippen LogP contribution in [0.5, 0.6) is 0 Å². The summed E-state index contributed by atoms with van der Waals surface area (Å²) in [5.74, 6) is -0.155. The van der Waals surface area contributed by atoms with Crippen LogP contribution >= 0.6 is 11.3 Å². The molecule has 0 unspecified atom stereocenters. The third kappa shape index (κ3) is 2.90. The van der Waals surface area contributed by atoms with E-state index in [0.717, 1.165) is 33.7 Å². The zero-order valence-electron chi connectivity index (χ0n) is 14.6. The molecule has 0 bridgehead atoms. The van der Waals surface area contributed by atoms with Crippen LogP contribution in [-0.4, -0.2) is 25.5 Å². The fraction of sp³-hybridized carbons (Fsp3) is 0.211. The lowest BCUT2D eigenvalue weighted by atomic mass is 10.2. The molecule has 0 saturated heterocycles. The largest absolute Gasteiger partial charge is 0.345 e. The summed E-state index contributed by atoms with van der Waals surface area (Å²) in [6.07, 6.45) is 0. The number of rotatable bonds is 5. The molecule has 0 aliphatic rings. The van der Waals surface area contributed by atoms with E-state index < -0.39 is 0 Å². The smallest absolute Gasteiger partial charge is 0.269 e. The Morgan fingerprint density at radius 1 is 1.19 bits per heavy atom. The Morgan fingerprint density at radius 2 is 2.04 bits per heavy atom. The van der Waals surface area contributed by atoms with Crippen molar-refractivity contribution in [3.05, 3.63) is 59.2 Å². The van der Waals surface area contributed by atoms with E-state index in [2.05, 4.69) is 22.4 Å². The van der Waals surface area contributed by atoms with Gasteiger partial charge in [-0.25, -0.2) is 0 Å². The van der Waals surface area contributed by atoms with Crippen LogP contribution < -0.4 is 5.32 Å². The molecular formula is C19H19N5OS. The molecule has 0 spiro atoms. The fourth-order valence-electron chi connectivity index (χ4n) is 3.05. The van der Waals surface area contributed by atoms with Gasteiger partial charge in [0, 0.05) is 19.0 Å². The maximum atomic E-state index is 12.6. The van der Waals surface area contributed by atoms with E-state index >= 15 is 0 Å². The van der Waals surface area contributed by atoms with Gasteiger partial charge in [0.2, 0.25) is 0 Å². The lowest BCUT2D eigenvalue weighted by Crippen LogP contribution is -2.25. The van der Waals surface area contributed by atoms with E-state index in [9.17, 15) is 4.79 Å². The molecule has 1 amide bonds. The minimum absolute atomic E-state index is 0.155.